The van der Waals surface area contributed by atoms with E-state index >= 15 is 0 Å². The van der Waals surface area contributed by atoms with Crippen LogP contribution >= 0.6 is 0 Å². The molecular formula is C11H17NO5. The van der Waals surface area contributed by atoms with Crippen LogP contribution in [0.25, 0.3) is 0 Å². The lowest BCUT2D eigenvalue weighted by atomic mass is 10.2. The van der Waals surface area contributed by atoms with Crippen molar-refractivity contribution in [3.8, 4) is 0 Å². The minimum absolute atomic E-state index is 0.163. The first kappa shape index (κ1) is 13.5. The molecule has 0 aliphatic carbocycles. The number of methoxy groups -OCH3 is 1. The zero-order chi connectivity index (χ0) is 13.0. The number of ether oxygens (including phenoxy) is 2. The Kier molecular flexibility index (Phi) is 4.48. The maximum atomic E-state index is 11.7. The van der Waals surface area contributed by atoms with Crippen LogP contribution in [0.4, 0.5) is 4.79 Å². The number of hydrogen-bond donors (Lipinski definition) is 0. The van der Waals surface area contributed by atoms with Gasteiger partial charge < -0.3 is 9.47 Å². The summed E-state index contributed by atoms with van der Waals surface area (Å²) in [6.45, 7) is 3.99. The quantitative estimate of drug-likeness (QED) is 0.690. The van der Waals surface area contributed by atoms with E-state index in [2.05, 4.69) is 4.74 Å². The van der Waals surface area contributed by atoms with Crippen LogP contribution in [0, 0.1) is 5.92 Å². The van der Waals surface area contributed by atoms with Gasteiger partial charge in [0.05, 0.1) is 13.7 Å². The molecule has 0 N–H and O–H groups in total. The fourth-order valence-corrected chi connectivity index (χ4v) is 1.58. The summed E-state index contributed by atoms with van der Waals surface area (Å²) >= 11 is 0. The minimum Gasteiger partial charge on any atom is -0.467 e. The van der Waals surface area contributed by atoms with Crippen LogP contribution in [-0.2, 0) is 19.1 Å². The van der Waals surface area contributed by atoms with Crippen molar-refractivity contribution in [3.05, 3.63) is 0 Å². The summed E-state index contributed by atoms with van der Waals surface area (Å²) in [7, 11) is 1.22. The molecule has 6 heteroatoms. The monoisotopic (exact) mass is 243 g/mol. The molecule has 1 fully saturated rings. The molecule has 0 saturated carbocycles. The molecule has 1 atom stereocenters. The Morgan fingerprint density at radius 3 is 2.65 bits per heavy atom. The van der Waals surface area contributed by atoms with Gasteiger partial charge in [0.25, 0.3) is 0 Å². The third-order valence-corrected chi connectivity index (χ3v) is 2.42. The molecule has 1 aliphatic rings. The second-order valence-electron chi connectivity index (χ2n) is 4.31. The Morgan fingerprint density at radius 2 is 2.12 bits per heavy atom. The summed E-state index contributed by atoms with van der Waals surface area (Å²) in [5.41, 5.74) is 0. The first-order valence-electron chi connectivity index (χ1n) is 5.54. The molecule has 2 amide bonds. The molecule has 1 heterocycles. The first-order chi connectivity index (χ1) is 7.97. The van der Waals surface area contributed by atoms with Crippen molar-refractivity contribution in [2.45, 2.75) is 32.7 Å². The number of hydrogen-bond acceptors (Lipinski definition) is 5. The van der Waals surface area contributed by atoms with E-state index in [1.54, 1.807) is 0 Å². The molecule has 0 bridgehead atoms. The van der Waals surface area contributed by atoms with Gasteiger partial charge in [0.2, 0.25) is 5.91 Å². The zero-order valence-corrected chi connectivity index (χ0v) is 10.3. The van der Waals surface area contributed by atoms with E-state index < -0.39 is 24.0 Å². The van der Waals surface area contributed by atoms with Crippen LogP contribution < -0.4 is 0 Å². The summed E-state index contributed by atoms with van der Waals surface area (Å²) < 4.78 is 9.49. The van der Waals surface area contributed by atoms with E-state index in [0.717, 1.165) is 4.90 Å². The van der Waals surface area contributed by atoms with E-state index in [0.29, 0.717) is 6.42 Å². The molecule has 96 valence electrons. The summed E-state index contributed by atoms with van der Waals surface area (Å²) in [5, 5.41) is 0. The Hall–Kier alpha value is -1.59. The largest absolute Gasteiger partial charge is 0.467 e. The predicted octanol–water partition coefficient (Wildman–Crippen LogP) is 0.943. The highest BCUT2D eigenvalue weighted by molar-refractivity contribution is 5.99. The van der Waals surface area contributed by atoms with E-state index in [1.807, 2.05) is 13.8 Å². The molecule has 1 rings (SSSR count). The van der Waals surface area contributed by atoms with Crippen LogP contribution in [0.1, 0.15) is 26.7 Å². The van der Waals surface area contributed by atoms with Gasteiger partial charge in [-0.25, -0.2) is 14.5 Å². The number of likely N-dealkylation sites (tertiary alicyclic amines) is 1. The second kappa shape index (κ2) is 5.65. The Labute approximate surface area is 99.9 Å². The van der Waals surface area contributed by atoms with Gasteiger partial charge in [0, 0.05) is 6.42 Å². The summed E-state index contributed by atoms with van der Waals surface area (Å²) in [6.07, 6.45) is -0.310. The normalized spacial score (nSPS) is 19.6. The van der Waals surface area contributed by atoms with Crippen LogP contribution in [0.15, 0.2) is 0 Å². The van der Waals surface area contributed by atoms with Gasteiger partial charge in [-0.2, -0.15) is 0 Å². The Morgan fingerprint density at radius 1 is 1.47 bits per heavy atom. The number of esters is 1. The molecular weight excluding hydrogens is 226 g/mol. The van der Waals surface area contributed by atoms with Crippen molar-refractivity contribution < 1.29 is 23.9 Å². The van der Waals surface area contributed by atoms with E-state index in [-0.39, 0.29) is 18.9 Å². The van der Waals surface area contributed by atoms with Crippen molar-refractivity contribution >= 4 is 18.0 Å². The minimum atomic E-state index is -0.841. The number of imide groups is 1. The van der Waals surface area contributed by atoms with Gasteiger partial charge >= 0.3 is 12.1 Å². The van der Waals surface area contributed by atoms with Crippen LogP contribution in [0.2, 0.25) is 0 Å². The Balaban J connectivity index is 2.67. The van der Waals surface area contributed by atoms with Gasteiger partial charge in [-0.3, -0.25) is 4.79 Å². The molecule has 1 unspecified atom stereocenters. The van der Waals surface area contributed by atoms with Crippen molar-refractivity contribution in [2.75, 3.05) is 13.7 Å². The molecule has 17 heavy (non-hydrogen) atoms. The number of rotatable bonds is 3. The smallest absolute Gasteiger partial charge is 0.417 e. The van der Waals surface area contributed by atoms with Gasteiger partial charge in [-0.1, -0.05) is 13.8 Å². The van der Waals surface area contributed by atoms with E-state index in [1.165, 1.54) is 7.11 Å². The van der Waals surface area contributed by atoms with Gasteiger partial charge in [0.15, 0.2) is 0 Å². The van der Waals surface area contributed by atoms with Crippen LogP contribution in [-0.4, -0.2) is 42.6 Å². The van der Waals surface area contributed by atoms with Crippen LogP contribution in [0.5, 0.6) is 0 Å². The second-order valence-corrected chi connectivity index (χ2v) is 4.31. The van der Waals surface area contributed by atoms with Crippen molar-refractivity contribution in [1.82, 2.24) is 4.90 Å². The predicted molar refractivity (Wildman–Crippen MR) is 58.1 cm³/mol. The standard InChI is InChI=1S/C11H17NO5/c1-7(2)6-17-11(15)12-8(10(14)16-3)4-5-9(12)13/h7-8H,4-6H2,1-3H3. The summed E-state index contributed by atoms with van der Waals surface area (Å²) in [5.74, 6) is -0.806. The molecule has 0 aromatic carbocycles. The lowest BCUT2D eigenvalue weighted by molar-refractivity contribution is -0.148. The lowest BCUT2D eigenvalue weighted by Gasteiger charge is -2.20. The van der Waals surface area contributed by atoms with Gasteiger partial charge in [-0.05, 0) is 12.3 Å². The molecule has 0 aromatic heterocycles. The number of amides is 2. The Bertz CT molecular complexity index is 326. The molecule has 1 aliphatic heterocycles. The molecule has 1 saturated heterocycles. The SMILES string of the molecule is COC(=O)C1CCC(=O)N1C(=O)OCC(C)C. The summed E-state index contributed by atoms with van der Waals surface area (Å²) in [4.78, 5) is 35.4. The fourth-order valence-electron chi connectivity index (χ4n) is 1.58. The van der Waals surface area contributed by atoms with Gasteiger partial charge in [0.1, 0.15) is 6.04 Å². The molecule has 0 spiro atoms. The number of carbonyl (C=O) groups is 3. The third kappa shape index (κ3) is 3.18. The first-order valence-corrected chi connectivity index (χ1v) is 5.54. The van der Waals surface area contributed by atoms with Crippen molar-refractivity contribution in [2.24, 2.45) is 5.92 Å². The highest BCUT2D eigenvalue weighted by Crippen LogP contribution is 2.21. The molecule has 0 aromatic rings. The maximum absolute atomic E-state index is 11.7. The maximum Gasteiger partial charge on any atom is 0.417 e. The average molecular weight is 243 g/mol. The number of nitrogens with zero attached hydrogens (tertiary/aromatic N) is 1. The van der Waals surface area contributed by atoms with E-state index in [9.17, 15) is 14.4 Å². The molecule has 6 nitrogen and oxygen atoms in total. The van der Waals surface area contributed by atoms with Crippen molar-refractivity contribution in [3.63, 3.8) is 0 Å². The van der Waals surface area contributed by atoms with E-state index in [4.69, 9.17) is 4.74 Å². The summed E-state index contributed by atoms with van der Waals surface area (Å²) in [6, 6.07) is -0.841. The third-order valence-electron chi connectivity index (χ3n) is 2.42. The van der Waals surface area contributed by atoms with Crippen LogP contribution in [0.3, 0.4) is 0 Å². The lowest BCUT2D eigenvalue weighted by Crippen LogP contribution is -2.44. The molecule has 0 radical (unpaired) electrons. The fraction of sp³-hybridized carbons (Fsp3) is 0.727. The van der Waals surface area contributed by atoms with Gasteiger partial charge in [-0.15, -0.1) is 0 Å². The highest BCUT2D eigenvalue weighted by atomic mass is 16.6. The topological polar surface area (TPSA) is 72.9 Å². The zero-order valence-electron chi connectivity index (χ0n) is 10.3. The highest BCUT2D eigenvalue weighted by Gasteiger charge is 2.41. The number of carbonyl (C=O) groups excluding carboxylic acids is 3. The average Bonchev–Trinajstić information content (AvgIpc) is 2.67. The van der Waals surface area contributed by atoms with Crippen molar-refractivity contribution in [1.29, 1.82) is 0 Å².